The molecule has 0 aliphatic heterocycles. The van der Waals surface area contributed by atoms with Crippen LogP contribution >= 0.6 is 0 Å². The third-order valence-electron chi connectivity index (χ3n) is 4.43. The second-order valence-corrected chi connectivity index (χ2v) is 6.34. The molecule has 0 fully saturated rings. The minimum absolute atomic E-state index is 0.0147. The van der Waals surface area contributed by atoms with Crippen molar-refractivity contribution in [3.63, 3.8) is 0 Å². The van der Waals surface area contributed by atoms with Crippen LogP contribution in [0, 0.1) is 0 Å². The number of para-hydroxylation sites is 2. The number of nitrogens with zero attached hydrogens (tertiary/aromatic N) is 1. The lowest BCUT2D eigenvalue weighted by Crippen LogP contribution is -2.34. The number of methoxy groups -OCH3 is 1. The van der Waals surface area contributed by atoms with Crippen molar-refractivity contribution in [2.45, 2.75) is 19.5 Å². The van der Waals surface area contributed by atoms with Crippen LogP contribution in [0.2, 0.25) is 0 Å². The van der Waals surface area contributed by atoms with E-state index in [9.17, 15) is 18.0 Å². The number of carbonyl (C=O) groups is 1. The molecule has 3 rings (SSSR count). The van der Waals surface area contributed by atoms with Gasteiger partial charge in [0.05, 0.1) is 18.4 Å². The van der Waals surface area contributed by atoms with Gasteiger partial charge in [0.1, 0.15) is 17.8 Å². The number of hydrogen-bond donors (Lipinski definition) is 2. The van der Waals surface area contributed by atoms with Crippen molar-refractivity contribution in [3.05, 3.63) is 59.8 Å². The molecule has 2 aromatic carbocycles. The van der Waals surface area contributed by atoms with Crippen molar-refractivity contribution >= 4 is 28.2 Å². The molecular formula is C21H20F3N3O2. The van der Waals surface area contributed by atoms with Gasteiger partial charge in [0, 0.05) is 17.3 Å². The Morgan fingerprint density at radius 1 is 1.14 bits per heavy atom. The number of aromatic nitrogens is 1. The molecule has 3 aromatic rings. The zero-order valence-electron chi connectivity index (χ0n) is 15.9. The molecule has 0 spiro atoms. The Labute approximate surface area is 165 Å². The number of anilines is 2. The second kappa shape index (κ2) is 8.38. The molecule has 0 saturated heterocycles. The number of halogens is 3. The van der Waals surface area contributed by atoms with Crippen molar-refractivity contribution in [3.8, 4) is 5.75 Å². The van der Waals surface area contributed by atoms with Gasteiger partial charge < -0.3 is 15.4 Å². The van der Waals surface area contributed by atoms with Crippen molar-refractivity contribution in [2.24, 2.45) is 0 Å². The maximum Gasteiger partial charge on any atom is 0.405 e. The maximum absolute atomic E-state index is 12.6. The Kier molecular flexibility index (Phi) is 5.91. The summed E-state index contributed by atoms with van der Waals surface area (Å²) in [4.78, 5) is 16.8. The average Bonchev–Trinajstić information content (AvgIpc) is 2.71. The lowest BCUT2D eigenvalue weighted by molar-refractivity contribution is -0.123. The van der Waals surface area contributed by atoms with E-state index in [4.69, 9.17) is 4.74 Å². The van der Waals surface area contributed by atoms with Gasteiger partial charge in [0.15, 0.2) is 0 Å². The predicted octanol–water partition coefficient (Wildman–Crippen LogP) is 4.84. The molecule has 1 aromatic heterocycles. The molecule has 8 heteroatoms. The quantitative estimate of drug-likeness (QED) is 0.618. The average molecular weight is 403 g/mol. The lowest BCUT2D eigenvalue weighted by Gasteiger charge is -2.18. The summed E-state index contributed by atoms with van der Waals surface area (Å²) in [6.45, 7) is 0.568. The number of carbonyl (C=O) groups excluding carboxylic acids is 1. The van der Waals surface area contributed by atoms with Crippen molar-refractivity contribution in [1.82, 2.24) is 10.3 Å². The topological polar surface area (TPSA) is 63.2 Å². The molecule has 0 aliphatic carbocycles. The van der Waals surface area contributed by atoms with Crippen LogP contribution in [0.15, 0.2) is 48.7 Å². The SMILES string of the molecule is CCc1ccccc1Nc1c(C(=O)NCC(F)(F)F)cnc2c(OC)cccc12. The fourth-order valence-electron chi connectivity index (χ4n) is 3.03. The summed E-state index contributed by atoms with van der Waals surface area (Å²) in [5.41, 5.74) is 2.64. The highest BCUT2D eigenvalue weighted by Gasteiger charge is 2.29. The maximum atomic E-state index is 12.6. The predicted molar refractivity (Wildman–Crippen MR) is 106 cm³/mol. The molecule has 0 unspecified atom stereocenters. The van der Waals surface area contributed by atoms with Crippen LogP contribution in [0.4, 0.5) is 24.5 Å². The second-order valence-electron chi connectivity index (χ2n) is 6.34. The van der Waals surface area contributed by atoms with Crippen molar-refractivity contribution < 1.29 is 22.7 Å². The molecule has 0 atom stereocenters. The fraction of sp³-hybridized carbons (Fsp3) is 0.238. The van der Waals surface area contributed by atoms with Crippen LogP contribution in [0.1, 0.15) is 22.8 Å². The first-order chi connectivity index (χ1) is 13.8. The third-order valence-corrected chi connectivity index (χ3v) is 4.43. The molecule has 0 aliphatic rings. The largest absolute Gasteiger partial charge is 0.494 e. The van der Waals surface area contributed by atoms with Gasteiger partial charge >= 0.3 is 6.18 Å². The third kappa shape index (κ3) is 4.59. The van der Waals surface area contributed by atoms with E-state index in [0.29, 0.717) is 22.3 Å². The first kappa shape index (κ1) is 20.4. The number of rotatable bonds is 6. The van der Waals surface area contributed by atoms with E-state index >= 15 is 0 Å². The summed E-state index contributed by atoms with van der Waals surface area (Å²) >= 11 is 0. The van der Waals surface area contributed by atoms with Crippen molar-refractivity contribution in [2.75, 3.05) is 19.0 Å². The van der Waals surface area contributed by atoms with Gasteiger partial charge in [0.25, 0.3) is 5.91 Å². The zero-order chi connectivity index (χ0) is 21.0. The number of aryl methyl sites for hydroxylation is 1. The highest BCUT2D eigenvalue weighted by Crippen LogP contribution is 2.34. The number of fused-ring (bicyclic) bond motifs is 1. The normalized spacial score (nSPS) is 11.3. The van der Waals surface area contributed by atoms with Gasteiger partial charge in [-0.2, -0.15) is 13.2 Å². The molecule has 1 amide bonds. The van der Waals surface area contributed by atoms with Gasteiger partial charge in [0.2, 0.25) is 0 Å². The van der Waals surface area contributed by atoms with Gasteiger partial charge in [-0.05, 0) is 24.1 Å². The van der Waals surface area contributed by atoms with E-state index in [-0.39, 0.29) is 5.56 Å². The summed E-state index contributed by atoms with van der Waals surface area (Å²) in [6, 6.07) is 12.7. The Morgan fingerprint density at radius 3 is 2.59 bits per heavy atom. The summed E-state index contributed by atoms with van der Waals surface area (Å²) < 4.78 is 43.0. The molecule has 5 nitrogen and oxygen atoms in total. The first-order valence-electron chi connectivity index (χ1n) is 8.99. The molecule has 29 heavy (non-hydrogen) atoms. The van der Waals surface area contributed by atoms with Crippen LogP contribution < -0.4 is 15.4 Å². The smallest absolute Gasteiger partial charge is 0.405 e. The molecular weight excluding hydrogens is 383 g/mol. The first-order valence-corrected chi connectivity index (χ1v) is 8.99. The van der Waals surface area contributed by atoms with Gasteiger partial charge in [-0.1, -0.05) is 37.3 Å². The molecule has 1 heterocycles. The van der Waals surface area contributed by atoms with Gasteiger partial charge in [-0.25, -0.2) is 0 Å². The Morgan fingerprint density at radius 2 is 1.90 bits per heavy atom. The number of nitrogens with one attached hydrogen (secondary N) is 2. The molecule has 2 N–H and O–H groups in total. The number of ether oxygens (including phenoxy) is 1. The number of pyridine rings is 1. The lowest BCUT2D eigenvalue weighted by atomic mass is 10.1. The minimum Gasteiger partial charge on any atom is -0.494 e. The van der Waals surface area contributed by atoms with E-state index in [0.717, 1.165) is 17.7 Å². The van der Waals surface area contributed by atoms with Crippen LogP contribution in [-0.2, 0) is 6.42 Å². The molecule has 0 saturated carbocycles. The van der Waals surface area contributed by atoms with E-state index in [1.807, 2.05) is 36.5 Å². The van der Waals surface area contributed by atoms with Crippen LogP contribution in [0.5, 0.6) is 5.75 Å². The van der Waals surface area contributed by atoms with Crippen molar-refractivity contribution in [1.29, 1.82) is 0 Å². The summed E-state index contributed by atoms with van der Waals surface area (Å²) in [6.07, 6.45) is -2.51. The Hall–Kier alpha value is -3.29. The zero-order valence-corrected chi connectivity index (χ0v) is 15.9. The van der Waals surface area contributed by atoms with Gasteiger partial charge in [-0.15, -0.1) is 0 Å². The Bertz CT molecular complexity index is 1040. The number of amides is 1. The fourth-order valence-corrected chi connectivity index (χ4v) is 3.03. The molecule has 0 radical (unpaired) electrons. The summed E-state index contributed by atoms with van der Waals surface area (Å²) in [7, 11) is 1.50. The number of alkyl halides is 3. The minimum atomic E-state index is -4.51. The van der Waals surface area contributed by atoms with Crippen LogP contribution in [-0.4, -0.2) is 30.7 Å². The van der Waals surface area contributed by atoms with E-state index in [1.165, 1.54) is 13.3 Å². The van der Waals surface area contributed by atoms with E-state index < -0.39 is 18.6 Å². The Balaban J connectivity index is 2.13. The highest BCUT2D eigenvalue weighted by molar-refractivity contribution is 6.09. The standard InChI is InChI=1S/C21H20F3N3O2/c1-3-13-7-4-5-9-16(13)27-18-14-8-6-10-17(29-2)19(14)25-11-15(18)20(28)26-12-21(22,23)24/h4-11H,3,12H2,1-2H3,(H,25,27)(H,26,28). The van der Waals surface area contributed by atoms with Crippen LogP contribution in [0.25, 0.3) is 10.9 Å². The molecule has 152 valence electrons. The molecule has 0 bridgehead atoms. The highest BCUT2D eigenvalue weighted by atomic mass is 19.4. The van der Waals surface area contributed by atoms with Crippen LogP contribution in [0.3, 0.4) is 0 Å². The monoisotopic (exact) mass is 403 g/mol. The van der Waals surface area contributed by atoms with E-state index in [1.54, 1.807) is 18.2 Å². The van der Waals surface area contributed by atoms with Gasteiger partial charge in [-0.3, -0.25) is 9.78 Å². The van der Waals surface area contributed by atoms with E-state index in [2.05, 4.69) is 10.3 Å². The summed E-state index contributed by atoms with van der Waals surface area (Å²) in [5.74, 6) is -0.368. The number of hydrogen-bond acceptors (Lipinski definition) is 4. The number of benzene rings is 2. The summed E-state index contributed by atoms with van der Waals surface area (Å²) in [5, 5.41) is 5.70.